The van der Waals surface area contributed by atoms with Crippen LogP contribution in [0.5, 0.6) is 11.8 Å². The molecular weight excluding hydrogens is 743 g/mol. The number of hydrogen-bond acceptors (Lipinski definition) is 12. The first-order valence-corrected chi connectivity index (χ1v) is 20.3. The van der Waals surface area contributed by atoms with Crippen LogP contribution in [0, 0.1) is 0 Å². The van der Waals surface area contributed by atoms with E-state index in [1.165, 1.54) is 0 Å². The van der Waals surface area contributed by atoms with Crippen molar-refractivity contribution < 1.29 is 33.4 Å². The summed E-state index contributed by atoms with van der Waals surface area (Å²) in [6.45, 7) is 6.96. The molecule has 0 spiro atoms. The number of nitrogens with one attached hydrogen (secondary N) is 3. The van der Waals surface area contributed by atoms with Gasteiger partial charge in [-0.2, -0.15) is 19.6 Å². The van der Waals surface area contributed by atoms with Gasteiger partial charge in [0.1, 0.15) is 17.9 Å². The zero-order chi connectivity index (χ0) is 40.8. The van der Waals surface area contributed by atoms with Crippen molar-refractivity contribution in [2.75, 3.05) is 37.4 Å². The number of carbonyl (C=O) groups excluding carboxylic acids is 5. The van der Waals surface area contributed by atoms with Gasteiger partial charge < -0.3 is 25.0 Å². The standard InChI is InChI=1S/C42H51N9O7/c1-26(2)31-25-44-51-37(31)47-42(58-29-18-20-49(3)21-19-29)48-41(51)43-24-27-11-9-12-28(23-27)45-34(52)15-7-5-4-6-8-22-57-33-14-10-13-30-36(33)40(56)50(39(30)55)32-16-17-35(53)46-38(32)54/h9-14,23,25-26,29,32H,4-8,15-22,24H2,1-3H3,(H,45,52)(H,43,47,48)(H,46,53,54). The Hall–Kier alpha value is -5.90. The van der Waals surface area contributed by atoms with E-state index in [0.29, 0.717) is 37.3 Å². The highest BCUT2D eigenvalue weighted by Crippen LogP contribution is 2.34. The average molecular weight is 794 g/mol. The summed E-state index contributed by atoms with van der Waals surface area (Å²) >= 11 is 0. The molecule has 306 valence electrons. The van der Waals surface area contributed by atoms with E-state index < -0.39 is 29.7 Å². The second-order valence-electron chi connectivity index (χ2n) is 15.5. The quantitative estimate of drug-likeness (QED) is 0.0950. The molecule has 16 nitrogen and oxygen atoms in total. The maximum Gasteiger partial charge on any atom is 0.322 e. The monoisotopic (exact) mass is 793 g/mol. The second-order valence-corrected chi connectivity index (χ2v) is 15.5. The van der Waals surface area contributed by atoms with Gasteiger partial charge in [-0.15, -0.1) is 0 Å². The van der Waals surface area contributed by atoms with Gasteiger partial charge in [0.15, 0.2) is 5.65 Å². The van der Waals surface area contributed by atoms with Gasteiger partial charge in [0.2, 0.25) is 23.7 Å². The summed E-state index contributed by atoms with van der Waals surface area (Å²) in [7, 11) is 2.12. The van der Waals surface area contributed by atoms with Crippen LogP contribution in [-0.4, -0.2) is 97.8 Å². The molecule has 0 aliphatic carbocycles. The molecular formula is C42H51N9O7. The number of hydrogen-bond donors (Lipinski definition) is 3. The van der Waals surface area contributed by atoms with Crippen molar-refractivity contribution in [1.82, 2.24) is 34.7 Å². The first kappa shape index (κ1) is 40.3. The Bertz CT molecular complexity index is 2180. The lowest BCUT2D eigenvalue weighted by molar-refractivity contribution is -0.136. The summed E-state index contributed by atoms with van der Waals surface area (Å²) in [6.07, 6.45) is 8.38. The number of aromatic nitrogens is 4. The number of likely N-dealkylation sites (tertiary alicyclic amines) is 1. The van der Waals surface area contributed by atoms with Crippen LogP contribution in [0.4, 0.5) is 11.6 Å². The van der Waals surface area contributed by atoms with Crippen LogP contribution in [0.1, 0.15) is 116 Å². The molecule has 1 unspecified atom stereocenters. The molecule has 2 aromatic heterocycles. The summed E-state index contributed by atoms with van der Waals surface area (Å²) in [5.74, 6) is -1.21. The van der Waals surface area contributed by atoms with Crippen molar-refractivity contribution >= 4 is 46.8 Å². The molecule has 3 aliphatic heterocycles. The lowest BCUT2D eigenvalue weighted by Crippen LogP contribution is -2.54. The normalized spacial score (nSPS) is 17.5. The van der Waals surface area contributed by atoms with Crippen molar-refractivity contribution in [2.45, 2.75) is 103 Å². The van der Waals surface area contributed by atoms with Crippen LogP contribution in [0.15, 0.2) is 48.7 Å². The van der Waals surface area contributed by atoms with Crippen molar-refractivity contribution in [3.63, 3.8) is 0 Å². The molecule has 2 aromatic carbocycles. The van der Waals surface area contributed by atoms with Crippen molar-refractivity contribution in [2.24, 2.45) is 0 Å². The smallest absolute Gasteiger partial charge is 0.322 e. The van der Waals surface area contributed by atoms with E-state index in [2.05, 4.69) is 46.8 Å². The molecule has 5 heterocycles. The maximum atomic E-state index is 13.3. The molecule has 1 atom stereocenters. The Morgan fingerprint density at radius 1 is 0.948 bits per heavy atom. The number of amides is 5. The molecule has 5 amide bonds. The number of piperidine rings is 2. The largest absolute Gasteiger partial charge is 0.493 e. The van der Waals surface area contributed by atoms with E-state index >= 15 is 0 Å². The number of rotatable bonds is 17. The Morgan fingerprint density at radius 2 is 1.72 bits per heavy atom. The third-order valence-corrected chi connectivity index (χ3v) is 10.8. The van der Waals surface area contributed by atoms with Gasteiger partial charge in [-0.05, 0) is 74.9 Å². The van der Waals surface area contributed by atoms with Gasteiger partial charge in [0.05, 0.1) is 23.9 Å². The molecule has 2 fully saturated rings. The fourth-order valence-corrected chi connectivity index (χ4v) is 7.57. The third-order valence-electron chi connectivity index (χ3n) is 10.8. The fourth-order valence-electron chi connectivity index (χ4n) is 7.57. The number of carbonyl (C=O) groups is 5. The zero-order valence-electron chi connectivity index (χ0n) is 33.3. The summed E-state index contributed by atoms with van der Waals surface area (Å²) in [4.78, 5) is 75.8. The highest BCUT2D eigenvalue weighted by atomic mass is 16.5. The van der Waals surface area contributed by atoms with E-state index in [4.69, 9.17) is 19.4 Å². The maximum absolute atomic E-state index is 13.3. The predicted molar refractivity (Wildman–Crippen MR) is 215 cm³/mol. The molecule has 0 radical (unpaired) electrons. The zero-order valence-corrected chi connectivity index (χ0v) is 33.3. The topological polar surface area (TPSA) is 189 Å². The Kier molecular flexibility index (Phi) is 12.6. The third kappa shape index (κ3) is 9.28. The van der Waals surface area contributed by atoms with Gasteiger partial charge >= 0.3 is 6.01 Å². The molecule has 0 saturated carbocycles. The lowest BCUT2D eigenvalue weighted by Gasteiger charge is -2.28. The minimum absolute atomic E-state index is 0.0529. The van der Waals surface area contributed by atoms with Crippen molar-refractivity contribution in [3.05, 3.63) is 70.9 Å². The molecule has 16 heteroatoms. The highest BCUT2D eigenvalue weighted by molar-refractivity contribution is 6.24. The van der Waals surface area contributed by atoms with Crippen LogP contribution in [0.2, 0.25) is 0 Å². The van der Waals surface area contributed by atoms with Gasteiger partial charge in [-0.1, -0.05) is 51.3 Å². The number of imide groups is 2. The number of nitrogens with zero attached hydrogens (tertiary/aromatic N) is 6. The van der Waals surface area contributed by atoms with E-state index in [-0.39, 0.29) is 41.9 Å². The summed E-state index contributed by atoms with van der Waals surface area (Å²) in [5.41, 5.74) is 3.75. The molecule has 3 N–H and O–H groups in total. The first-order valence-electron chi connectivity index (χ1n) is 20.3. The van der Waals surface area contributed by atoms with Crippen LogP contribution in [0.25, 0.3) is 5.65 Å². The first-order chi connectivity index (χ1) is 28.0. The van der Waals surface area contributed by atoms with Crippen LogP contribution >= 0.6 is 0 Å². The van der Waals surface area contributed by atoms with E-state index in [1.807, 2.05) is 30.5 Å². The average Bonchev–Trinajstić information content (AvgIpc) is 3.74. The number of ether oxygens (including phenoxy) is 2. The van der Waals surface area contributed by atoms with Crippen LogP contribution in [0.3, 0.4) is 0 Å². The van der Waals surface area contributed by atoms with Crippen LogP contribution in [-0.2, 0) is 20.9 Å². The minimum Gasteiger partial charge on any atom is -0.493 e. The molecule has 7 rings (SSSR count). The Labute approximate surface area is 337 Å². The van der Waals surface area contributed by atoms with Gasteiger partial charge in [0.25, 0.3) is 11.8 Å². The molecule has 4 aromatic rings. The fraction of sp³-hybridized carbons (Fsp3) is 0.476. The summed E-state index contributed by atoms with van der Waals surface area (Å²) in [5, 5.41) is 13.2. The van der Waals surface area contributed by atoms with Gasteiger partial charge in [-0.3, -0.25) is 34.2 Å². The predicted octanol–water partition coefficient (Wildman–Crippen LogP) is 5.09. The number of unbranched alkanes of at least 4 members (excludes halogenated alkanes) is 4. The summed E-state index contributed by atoms with van der Waals surface area (Å²) in [6, 6.07) is 11.9. The Morgan fingerprint density at radius 3 is 2.52 bits per heavy atom. The molecule has 3 aliphatic rings. The Balaban J connectivity index is 0.837. The second kappa shape index (κ2) is 18.1. The number of anilines is 2. The van der Waals surface area contributed by atoms with E-state index in [0.717, 1.165) is 85.4 Å². The van der Waals surface area contributed by atoms with E-state index in [1.54, 1.807) is 22.7 Å². The number of fused-ring (bicyclic) bond motifs is 2. The minimum atomic E-state index is -1.03. The van der Waals surface area contributed by atoms with Crippen LogP contribution < -0.4 is 25.4 Å². The summed E-state index contributed by atoms with van der Waals surface area (Å²) < 4.78 is 13.9. The van der Waals surface area contributed by atoms with Crippen molar-refractivity contribution in [3.8, 4) is 11.8 Å². The van der Waals surface area contributed by atoms with E-state index in [9.17, 15) is 24.0 Å². The number of benzene rings is 2. The van der Waals surface area contributed by atoms with Crippen molar-refractivity contribution in [1.29, 1.82) is 0 Å². The van der Waals surface area contributed by atoms with Gasteiger partial charge in [-0.25, -0.2) is 0 Å². The SMILES string of the molecule is CC(C)c1cnn2c(NCc3cccc(NC(=O)CCCCCCCOc4cccc5c4C(=O)N(C4CCC(=O)NC4=O)C5=O)c3)nc(OC3CCN(C)CC3)nc12. The highest BCUT2D eigenvalue weighted by Gasteiger charge is 2.46. The van der Waals surface area contributed by atoms with Gasteiger partial charge in [0, 0.05) is 43.7 Å². The molecule has 0 bridgehead atoms. The molecule has 58 heavy (non-hydrogen) atoms. The lowest BCUT2D eigenvalue weighted by atomic mass is 10.0. The molecule has 2 saturated heterocycles.